The van der Waals surface area contributed by atoms with Gasteiger partial charge in [0.05, 0.1) is 19.2 Å². The van der Waals surface area contributed by atoms with Crippen molar-refractivity contribution in [3.8, 4) is 0 Å². The number of nitrogens with zero attached hydrogens (tertiary/aromatic N) is 1. The van der Waals surface area contributed by atoms with Gasteiger partial charge in [0, 0.05) is 6.42 Å². The molecule has 1 aliphatic heterocycles. The second-order valence-corrected chi connectivity index (χ2v) is 9.02. The normalized spacial score (nSPS) is 17.2. The van der Waals surface area contributed by atoms with Crippen LogP contribution in [0, 0.1) is 0 Å². The molecule has 5 heteroatoms. The zero-order valence-electron chi connectivity index (χ0n) is 20.2. The minimum atomic E-state index is -0.159. The summed E-state index contributed by atoms with van der Waals surface area (Å²) in [5.41, 5.74) is 1.03. The summed E-state index contributed by atoms with van der Waals surface area (Å²) in [5.74, 6) is -0.120. The van der Waals surface area contributed by atoms with E-state index in [1.165, 1.54) is 45.6 Å². The first-order valence-electron chi connectivity index (χ1n) is 12.7. The fourth-order valence-electron chi connectivity index (χ4n) is 4.45. The third kappa shape index (κ3) is 10.1. The SMILES string of the molecule is CCCCCCCC[C@@H]1[C@H](CCCCCCCC(=O)OC)N1C(=O)OCc1ccccc1. The fourth-order valence-corrected chi connectivity index (χ4v) is 4.45. The van der Waals surface area contributed by atoms with Crippen molar-refractivity contribution in [2.24, 2.45) is 0 Å². The Kier molecular flexibility index (Phi) is 12.9. The van der Waals surface area contributed by atoms with E-state index in [-0.39, 0.29) is 12.1 Å². The predicted octanol–water partition coefficient (Wildman–Crippen LogP) is 7.03. The molecule has 2 rings (SSSR count). The highest BCUT2D eigenvalue weighted by atomic mass is 16.6. The van der Waals surface area contributed by atoms with Crippen LogP contribution in [-0.4, -0.2) is 36.2 Å². The molecule has 0 unspecified atom stereocenters. The number of carbonyl (C=O) groups is 2. The standard InChI is InChI=1S/C27H43NO4/c1-3-4-5-6-8-14-19-24-25(20-15-9-7-10-16-21-26(29)31-2)28(24)27(30)32-22-23-17-12-11-13-18-23/h11-13,17-18,24-25H,3-10,14-16,19-22H2,1-2H3/t24-,25+,28?/m1/s1. The van der Waals surface area contributed by atoms with Gasteiger partial charge in [0.2, 0.25) is 0 Å². The lowest BCUT2D eigenvalue weighted by Crippen LogP contribution is -2.16. The molecule has 0 spiro atoms. The number of unbranched alkanes of at least 4 members (excludes halogenated alkanes) is 9. The average molecular weight is 446 g/mol. The molecule has 1 amide bonds. The largest absolute Gasteiger partial charge is 0.469 e. The average Bonchev–Trinajstić information content (AvgIpc) is 3.52. The molecular weight excluding hydrogens is 402 g/mol. The summed E-state index contributed by atoms with van der Waals surface area (Å²) in [6.45, 7) is 2.58. The number of esters is 1. The van der Waals surface area contributed by atoms with Gasteiger partial charge >= 0.3 is 12.1 Å². The Balaban J connectivity index is 1.68. The summed E-state index contributed by atoms with van der Waals surface area (Å²) >= 11 is 0. The number of methoxy groups -OCH3 is 1. The number of benzene rings is 1. The van der Waals surface area contributed by atoms with Crippen molar-refractivity contribution in [2.45, 2.75) is 116 Å². The number of amides is 1. The maximum absolute atomic E-state index is 12.7. The summed E-state index contributed by atoms with van der Waals surface area (Å²) in [4.78, 5) is 25.8. The Morgan fingerprint density at radius 3 is 1.97 bits per heavy atom. The van der Waals surface area contributed by atoms with Crippen LogP contribution in [0.4, 0.5) is 4.79 Å². The van der Waals surface area contributed by atoms with Crippen LogP contribution in [0.25, 0.3) is 0 Å². The van der Waals surface area contributed by atoms with E-state index in [0.29, 0.717) is 25.1 Å². The molecule has 0 aliphatic carbocycles. The van der Waals surface area contributed by atoms with Crippen LogP contribution in [0.3, 0.4) is 0 Å². The van der Waals surface area contributed by atoms with E-state index in [1.807, 2.05) is 35.2 Å². The molecule has 1 saturated heterocycles. The number of rotatable bonds is 17. The van der Waals surface area contributed by atoms with Gasteiger partial charge in [0.15, 0.2) is 0 Å². The molecule has 0 N–H and O–H groups in total. The quantitative estimate of drug-likeness (QED) is 0.147. The molecule has 180 valence electrons. The van der Waals surface area contributed by atoms with Crippen LogP contribution in [0.2, 0.25) is 0 Å². The number of carbonyl (C=O) groups excluding carboxylic acids is 2. The van der Waals surface area contributed by atoms with E-state index in [4.69, 9.17) is 4.74 Å². The van der Waals surface area contributed by atoms with Crippen LogP contribution >= 0.6 is 0 Å². The topological polar surface area (TPSA) is 55.6 Å². The van der Waals surface area contributed by atoms with Gasteiger partial charge in [-0.25, -0.2) is 4.79 Å². The van der Waals surface area contributed by atoms with Crippen molar-refractivity contribution >= 4 is 12.1 Å². The second-order valence-electron chi connectivity index (χ2n) is 9.02. The molecule has 1 aliphatic rings. The van der Waals surface area contributed by atoms with Gasteiger partial charge in [-0.3, -0.25) is 9.69 Å². The van der Waals surface area contributed by atoms with Crippen molar-refractivity contribution in [1.29, 1.82) is 0 Å². The molecule has 32 heavy (non-hydrogen) atoms. The van der Waals surface area contributed by atoms with Gasteiger partial charge in [0.1, 0.15) is 6.61 Å². The molecule has 1 fully saturated rings. The first-order chi connectivity index (χ1) is 15.7. The Morgan fingerprint density at radius 2 is 1.38 bits per heavy atom. The predicted molar refractivity (Wildman–Crippen MR) is 128 cm³/mol. The lowest BCUT2D eigenvalue weighted by molar-refractivity contribution is -0.140. The van der Waals surface area contributed by atoms with Crippen LogP contribution in [0.5, 0.6) is 0 Å². The van der Waals surface area contributed by atoms with Gasteiger partial charge in [-0.2, -0.15) is 0 Å². The summed E-state index contributed by atoms with van der Waals surface area (Å²) < 4.78 is 10.3. The number of hydrogen-bond donors (Lipinski definition) is 0. The van der Waals surface area contributed by atoms with E-state index < -0.39 is 0 Å². The highest BCUT2D eigenvalue weighted by Crippen LogP contribution is 2.37. The highest BCUT2D eigenvalue weighted by Gasteiger charge is 2.50. The van der Waals surface area contributed by atoms with Gasteiger partial charge < -0.3 is 9.47 Å². The molecular formula is C27H43NO4. The third-order valence-electron chi connectivity index (χ3n) is 6.45. The Morgan fingerprint density at radius 1 is 0.812 bits per heavy atom. The fraction of sp³-hybridized carbons (Fsp3) is 0.704. The number of ether oxygens (including phenoxy) is 2. The first kappa shape index (κ1) is 26.2. The molecule has 0 radical (unpaired) electrons. The summed E-state index contributed by atoms with van der Waals surface area (Å²) in [5, 5.41) is 0. The molecule has 0 aromatic heterocycles. The summed E-state index contributed by atoms with van der Waals surface area (Å²) in [6, 6.07) is 10.6. The van der Waals surface area contributed by atoms with Gasteiger partial charge in [-0.1, -0.05) is 101 Å². The van der Waals surface area contributed by atoms with E-state index in [2.05, 4.69) is 11.7 Å². The van der Waals surface area contributed by atoms with E-state index in [1.54, 1.807) is 0 Å². The van der Waals surface area contributed by atoms with Crippen molar-refractivity contribution in [2.75, 3.05) is 7.11 Å². The third-order valence-corrected chi connectivity index (χ3v) is 6.45. The van der Waals surface area contributed by atoms with Crippen molar-refractivity contribution in [3.63, 3.8) is 0 Å². The van der Waals surface area contributed by atoms with Crippen LogP contribution in [-0.2, 0) is 20.9 Å². The summed E-state index contributed by atoms with van der Waals surface area (Å²) in [6.07, 6.45) is 15.5. The Labute approximate surface area is 194 Å². The molecule has 0 bridgehead atoms. The Hall–Kier alpha value is -2.04. The molecule has 1 heterocycles. The van der Waals surface area contributed by atoms with Crippen molar-refractivity contribution in [3.05, 3.63) is 35.9 Å². The van der Waals surface area contributed by atoms with Gasteiger partial charge in [-0.05, 0) is 24.8 Å². The van der Waals surface area contributed by atoms with Crippen molar-refractivity contribution < 1.29 is 19.1 Å². The maximum Gasteiger partial charge on any atom is 0.410 e. The minimum absolute atomic E-state index is 0.120. The van der Waals surface area contributed by atoms with Gasteiger partial charge in [0.25, 0.3) is 0 Å². The molecule has 5 nitrogen and oxygen atoms in total. The first-order valence-corrected chi connectivity index (χ1v) is 12.7. The maximum atomic E-state index is 12.7. The molecule has 0 saturated carbocycles. The Bertz CT molecular complexity index is 648. The van der Waals surface area contributed by atoms with Crippen LogP contribution in [0.15, 0.2) is 30.3 Å². The van der Waals surface area contributed by atoms with Crippen molar-refractivity contribution in [1.82, 2.24) is 4.90 Å². The highest BCUT2D eigenvalue weighted by molar-refractivity contribution is 5.72. The monoisotopic (exact) mass is 445 g/mol. The van der Waals surface area contributed by atoms with E-state index >= 15 is 0 Å². The van der Waals surface area contributed by atoms with Crippen LogP contribution < -0.4 is 0 Å². The number of hydrogen-bond acceptors (Lipinski definition) is 4. The van der Waals surface area contributed by atoms with Crippen LogP contribution in [0.1, 0.15) is 102 Å². The minimum Gasteiger partial charge on any atom is -0.469 e. The molecule has 2 atom stereocenters. The lowest BCUT2D eigenvalue weighted by Gasteiger charge is -2.07. The van der Waals surface area contributed by atoms with E-state index in [9.17, 15) is 9.59 Å². The van der Waals surface area contributed by atoms with Gasteiger partial charge in [-0.15, -0.1) is 0 Å². The van der Waals surface area contributed by atoms with E-state index in [0.717, 1.165) is 50.5 Å². The zero-order chi connectivity index (χ0) is 23.0. The molecule has 1 aromatic carbocycles. The second kappa shape index (κ2) is 15.7. The lowest BCUT2D eigenvalue weighted by atomic mass is 10.0. The summed E-state index contributed by atoms with van der Waals surface area (Å²) in [7, 11) is 1.44. The molecule has 1 aromatic rings. The smallest absolute Gasteiger partial charge is 0.410 e. The zero-order valence-corrected chi connectivity index (χ0v) is 20.2.